The van der Waals surface area contributed by atoms with Crippen molar-refractivity contribution in [1.29, 1.82) is 0 Å². The first-order valence-electron chi connectivity index (χ1n) is 3.62. The Hall–Kier alpha value is 0.0700. The summed E-state index contributed by atoms with van der Waals surface area (Å²) in [4.78, 5) is 0. The van der Waals surface area contributed by atoms with E-state index in [4.69, 9.17) is 8.37 Å². The third-order valence-electron chi connectivity index (χ3n) is 2.05. The maximum Gasteiger partial charge on any atom is 0.305 e. The Labute approximate surface area is 62.6 Å². The Kier molecular flexibility index (Phi) is 1.76. The molecule has 3 atom stereocenters. The van der Waals surface area contributed by atoms with Crippen LogP contribution in [-0.2, 0) is 19.7 Å². The van der Waals surface area contributed by atoms with E-state index >= 15 is 0 Å². The molecule has 2 rings (SSSR count). The molecule has 1 unspecified atom stereocenters. The molecule has 10 heavy (non-hydrogen) atoms. The summed E-state index contributed by atoms with van der Waals surface area (Å²) in [6.07, 6.45) is 4.63. The SMILES string of the molecule is O=S1O[C@H]2CCCC[C@H]2O1. The topological polar surface area (TPSA) is 35.5 Å². The van der Waals surface area contributed by atoms with E-state index in [-0.39, 0.29) is 12.2 Å². The second-order valence-corrected chi connectivity index (χ2v) is 3.55. The molecule has 1 saturated carbocycles. The van der Waals surface area contributed by atoms with Crippen LogP contribution in [0.25, 0.3) is 0 Å². The molecule has 0 spiro atoms. The zero-order valence-corrected chi connectivity index (χ0v) is 6.43. The Morgan fingerprint density at radius 1 is 1.10 bits per heavy atom. The molecular formula is C6H10O3S. The van der Waals surface area contributed by atoms with Gasteiger partial charge in [-0.15, -0.1) is 0 Å². The Morgan fingerprint density at radius 2 is 1.60 bits per heavy atom. The summed E-state index contributed by atoms with van der Waals surface area (Å²) >= 11 is -1.44. The smallest absolute Gasteiger partial charge is 0.262 e. The van der Waals surface area contributed by atoms with Crippen molar-refractivity contribution in [2.75, 3.05) is 0 Å². The Balaban J connectivity index is 2.04. The largest absolute Gasteiger partial charge is 0.305 e. The molecular weight excluding hydrogens is 152 g/mol. The van der Waals surface area contributed by atoms with Crippen LogP contribution in [0.5, 0.6) is 0 Å². The fourth-order valence-corrected chi connectivity index (χ4v) is 2.40. The average molecular weight is 162 g/mol. The fraction of sp³-hybridized carbons (Fsp3) is 1.00. The summed E-state index contributed by atoms with van der Waals surface area (Å²) in [6, 6.07) is 0. The van der Waals surface area contributed by atoms with Gasteiger partial charge in [-0.25, -0.2) is 0 Å². The first-order chi connectivity index (χ1) is 4.86. The molecule has 1 aliphatic heterocycles. The lowest BCUT2D eigenvalue weighted by molar-refractivity contribution is 0.110. The van der Waals surface area contributed by atoms with E-state index < -0.39 is 11.4 Å². The van der Waals surface area contributed by atoms with Gasteiger partial charge in [-0.2, -0.15) is 4.21 Å². The van der Waals surface area contributed by atoms with Crippen LogP contribution < -0.4 is 0 Å². The highest BCUT2D eigenvalue weighted by Crippen LogP contribution is 2.30. The van der Waals surface area contributed by atoms with E-state index in [2.05, 4.69) is 0 Å². The summed E-state index contributed by atoms with van der Waals surface area (Å²) in [5, 5.41) is 0. The van der Waals surface area contributed by atoms with Crippen molar-refractivity contribution in [3.05, 3.63) is 0 Å². The molecule has 2 aliphatic rings. The molecule has 1 saturated heterocycles. The van der Waals surface area contributed by atoms with E-state index in [1.165, 1.54) is 12.8 Å². The van der Waals surface area contributed by atoms with Crippen molar-refractivity contribution in [3.8, 4) is 0 Å². The van der Waals surface area contributed by atoms with Crippen molar-refractivity contribution in [3.63, 3.8) is 0 Å². The third-order valence-corrected chi connectivity index (χ3v) is 2.85. The van der Waals surface area contributed by atoms with E-state index in [1.807, 2.05) is 0 Å². The highest BCUT2D eigenvalue weighted by atomic mass is 32.2. The van der Waals surface area contributed by atoms with Crippen LogP contribution in [0, 0.1) is 0 Å². The fourth-order valence-electron chi connectivity index (χ4n) is 1.51. The zero-order chi connectivity index (χ0) is 6.97. The number of hydrogen-bond donors (Lipinski definition) is 0. The second kappa shape index (κ2) is 2.60. The molecule has 0 bridgehead atoms. The van der Waals surface area contributed by atoms with Crippen LogP contribution in [0.15, 0.2) is 0 Å². The molecule has 0 aromatic heterocycles. The molecule has 1 heterocycles. The number of fused-ring (bicyclic) bond motifs is 1. The summed E-state index contributed by atoms with van der Waals surface area (Å²) < 4.78 is 20.7. The highest BCUT2D eigenvalue weighted by Gasteiger charge is 2.36. The van der Waals surface area contributed by atoms with Crippen molar-refractivity contribution < 1.29 is 12.6 Å². The van der Waals surface area contributed by atoms with Gasteiger partial charge in [-0.05, 0) is 12.8 Å². The van der Waals surface area contributed by atoms with Crippen LogP contribution in [0.1, 0.15) is 25.7 Å². The predicted octanol–water partition coefficient (Wildman–Crippen LogP) is 0.923. The van der Waals surface area contributed by atoms with Gasteiger partial charge >= 0.3 is 11.4 Å². The van der Waals surface area contributed by atoms with Crippen molar-refractivity contribution in [2.24, 2.45) is 0 Å². The standard InChI is InChI=1S/C6H10O3S/c7-10-8-5-3-1-2-4-6(5)9-10/h5-6H,1-4H2/t5-,6+,10?. The number of hydrogen-bond acceptors (Lipinski definition) is 3. The van der Waals surface area contributed by atoms with Crippen LogP contribution in [-0.4, -0.2) is 16.4 Å². The molecule has 0 aromatic carbocycles. The van der Waals surface area contributed by atoms with Crippen molar-refractivity contribution in [2.45, 2.75) is 37.9 Å². The van der Waals surface area contributed by atoms with Gasteiger partial charge in [-0.1, -0.05) is 12.8 Å². The Bertz CT molecular complexity index is 143. The van der Waals surface area contributed by atoms with Gasteiger partial charge in [0, 0.05) is 0 Å². The summed E-state index contributed by atoms with van der Waals surface area (Å²) in [5.74, 6) is 0. The molecule has 2 fully saturated rings. The first kappa shape index (κ1) is 6.76. The zero-order valence-electron chi connectivity index (χ0n) is 5.62. The lowest BCUT2D eigenvalue weighted by atomic mass is 9.95. The summed E-state index contributed by atoms with van der Waals surface area (Å²) in [7, 11) is 0. The van der Waals surface area contributed by atoms with Gasteiger partial charge in [-0.3, -0.25) is 8.37 Å². The predicted molar refractivity (Wildman–Crippen MR) is 36.4 cm³/mol. The number of rotatable bonds is 0. The summed E-state index contributed by atoms with van der Waals surface area (Å²) in [6.45, 7) is 0. The Morgan fingerprint density at radius 3 is 2.10 bits per heavy atom. The van der Waals surface area contributed by atoms with Crippen LogP contribution in [0.2, 0.25) is 0 Å². The van der Waals surface area contributed by atoms with E-state index in [0.29, 0.717) is 0 Å². The van der Waals surface area contributed by atoms with Gasteiger partial charge in [0.15, 0.2) is 0 Å². The maximum atomic E-state index is 10.7. The van der Waals surface area contributed by atoms with Crippen molar-refractivity contribution >= 4 is 11.4 Å². The van der Waals surface area contributed by atoms with Gasteiger partial charge in [0.05, 0.1) is 0 Å². The third kappa shape index (κ3) is 1.11. The molecule has 58 valence electrons. The van der Waals surface area contributed by atoms with Gasteiger partial charge < -0.3 is 0 Å². The lowest BCUT2D eigenvalue weighted by Crippen LogP contribution is -2.25. The molecule has 0 aromatic rings. The maximum absolute atomic E-state index is 10.7. The van der Waals surface area contributed by atoms with Crippen LogP contribution >= 0.6 is 0 Å². The monoisotopic (exact) mass is 162 g/mol. The lowest BCUT2D eigenvalue weighted by Gasteiger charge is -2.19. The van der Waals surface area contributed by atoms with E-state index in [9.17, 15) is 4.21 Å². The van der Waals surface area contributed by atoms with Crippen LogP contribution in [0.4, 0.5) is 0 Å². The van der Waals surface area contributed by atoms with Gasteiger partial charge in [0.25, 0.3) is 0 Å². The quantitative estimate of drug-likeness (QED) is 0.531. The van der Waals surface area contributed by atoms with Crippen molar-refractivity contribution in [1.82, 2.24) is 0 Å². The minimum Gasteiger partial charge on any atom is -0.262 e. The van der Waals surface area contributed by atoms with E-state index in [0.717, 1.165) is 12.8 Å². The molecule has 0 radical (unpaired) electrons. The molecule has 1 aliphatic carbocycles. The van der Waals surface area contributed by atoms with Crippen LogP contribution in [0.3, 0.4) is 0 Å². The van der Waals surface area contributed by atoms with Gasteiger partial charge in [0.1, 0.15) is 12.2 Å². The molecule has 0 amide bonds. The molecule has 0 N–H and O–H groups in total. The average Bonchev–Trinajstić information content (AvgIpc) is 2.27. The highest BCUT2D eigenvalue weighted by molar-refractivity contribution is 7.75. The molecule has 3 nitrogen and oxygen atoms in total. The minimum atomic E-state index is -1.44. The molecule has 4 heteroatoms. The second-order valence-electron chi connectivity index (χ2n) is 2.76. The normalized spacial score (nSPS) is 47.0. The van der Waals surface area contributed by atoms with Gasteiger partial charge in [0.2, 0.25) is 0 Å². The minimum absolute atomic E-state index is 0.120. The summed E-state index contributed by atoms with van der Waals surface area (Å²) in [5.41, 5.74) is 0. The van der Waals surface area contributed by atoms with E-state index in [1.54, 1.807) is 0 Å². The first-order valence-corrected chi connectivity index (χ1v) is 4.62.